The van der Waals surface area contributed by atoms with E-state index in [2.05, 4.69) is 0 Å². The number of rotatable bonds is 14. The second-order valence-corrected chi connectivity index (χ2v) is 8.42. The first kappa shape index (κ1) is 32.3. The van der Waals surface area contributed by atoms with Crippen LogP contribution in [0.1, 0.15) is 44.1 Å². The van der Waals surface area contributed by atoms with E-state index in [1.807, 2.05) is 0 Å². The number of unbranched alkanes of at least 4 members (excludes halogenated alkanes) is 2. The van der Waals surface area contributed by atoms with E-state index in [1.165, 1.54) is 30.3 Å². The van der Waals surface area contributed by atoms with Crippen LogP contribution in [0.4, 0.5) is 57.1 Å². The van der Waals surface area contributed by atoms with Gasteiger partial charge in [0, 0.05) is 13.0 Å². The van der Waals surface area contributed by atoms with E-state index < -0.39 is 60.7 Å². The Balaban J connectivity index is 3.34. The van der Waals surface area contributed by atoms with Crippen molar-refractivity contribution in [3.8, 4) is 0 Å². The van der Waals surface area contributed by atoms with Crippen LogP contribution in [0.25, 0.3) is 0 Å². The zero-order valence-electron chi connectivity index (χ0n) is 18.4. The van der Waals surface area contributed by atoms with Crippen LogP contribution in [-0.4, -0.2) is 58.2 Å². The number of aliphatic hydroxyl groups excluding tert-OH is 1. The van der Waals surface area contributed by atoms with Crippen molar-refractivity contribution < 1.29 is 67.3 Å². The maximum atomic E-state index is 14.4. The monoisotopic (exact) mass is 554 g/mol. The summed E-state index contributed by atoms with van der Waals surface area (Å²) in [5.41, 5.74) is -2.58. The van der Waals surface area contributed by atoms with Gasteiger partial charge >= 0.3 is 35.8 Å². The Morgan fingerprint density at radius 1 is 0.583 bits per heavy atom. The maximum Gasteiger partial charge on any atom is 0.460 e. The number of aryl methyl sites for hydroxylation is 1. The van der Waals surface area contributed by atoms with Crippen molar-refractivity contribution in [1.82, 2.24) is 0 Å². The number of benzene rings is 1. The van der Waals surface area contributed by atoms with Gasteiger partial charge in [-0.3, -0.25) is 0 Å². The molecule has 0 aliphatic heterocycles. The van der Waals surface area contributed by atoms with E-state index in [9.17, 15) is 62.2 Å². The molecule has 2 nitrogen and oxygen atoms in total. The average molecular weight is 554 g/mol. The van der Waals surface area contributed by atoms with E-state index in [0.717, 1.165) is 0 Å². The van der Waals surface area contributed by atoms with E-state index in [-0.39, 0.29) is 32.3 Å². The average Bonchev–Trinajstić information content (AvgIpc) is 2.74. The lowest BCUT2D eigenvalue weighted by Gasteiger charge is -2.42. The molecule has 0 heterocycles. The highest BCUT2D eigenvalue weighted by Crippen LogP contribution is 2.61. The molecule has 0 aromatic heterocycles. The zero-order valence-corrected chi connectivity index (χ0v) is 18.4. The van der Waals surface area contributed by atoms with Crippen LogP contribution in [0, 0.1) is 0 Å². The molecule has 0 spiro atoms. The third-order valence-corrected chi connectivity index (χ3v) is 5.57. The number of hydrogen-bond acceptors (Lipinski definition) is 2. The van der Waals surface area contributed by atoms with Crippen LogP contribution in [-0.2, 0) is 6.42 Å². The highest BCUT2D eigenvalue weighted by molar-refractivity contribution is 5.16. The third kappa shape index (κ3) is 6.37. The molecule has 0 bridgehead atoms. The molecule has 0 aliphatic rings. The minimum atomic E-state index is -7.98. The van der Waals surface area contributed by atoms with Crippen LogP contribution in [0.3, 0.4) is 0 Å². The van der Waals surface area contributed by atoms with Gasteiger partial charge in [-0.2, -0.15) is 57.1 Å². The van der Waals surface area contributed by atoms with E-state index in [0.29, 0.717) is 5.56 Å². The maximum absolute atomic E-state index is 14.4. The van der Waals surface area contributed by atoms with Gasteiger partial charge in [0.15, 0.2) is 0 Å². The summed E-state index contributed by atoms with van der Waals surface area (Å²) in [5.74, 6) is -37.5. The Morgan fingerprint density at radius 3 is 1.56 bits per heavy atom. The Kier molecular flexibility index (Phi) is 9.78. The highest BCUT2D eigenvalue weighted by atomic mass is 19.4. The number of alkyl halides is 13. The summed E-state index contributed by atoms with van der Waals surface area (Å²) in [7, 11) is 0. The quantitative estimate of drug-likeness (QED) is 0.192. The summed E-state index contributed by atoms with van der Waals surface area (Å²) in [6.07, 6.45) is -12.1. The van der Waals surface area contributed by atoms with Gasteiger partial charge < -0.3 is 10.2 Å². The van der Waals surface area contributed by atoms with Crippen molar-refractivity contribution >= 4 is 0 Å². The SMILES string of the molecule is OCCCCCC(O)(CCc1ccccc1)CC(F)(F)C(F)(F)C(F)(F)C(F)(F)C(F)(F)C(F)(F)F. The van der Waals surface area contributed by atoms with Gasteiger partial charge in [-0.1, -0.05) is 43.2 Å². The number of halogens is 13. The molecule has 0 fully saturated rings. The van der Waals surface area contributed by atoms with Crippen molar-refractivity contribution in [3.63, 3.8) is 0 Å². The Bertz CT molecular complexity index is 825. The summed E-state index contributed by atoms with van der Waals surface area (Å²) in [4.78, 5) is 0. The van der Waals surface area contributed by atoms with E-state index in [1.54, 1.807) is 0 Å². The van der Waals surface area contributed by atoms with E-state index in [4.69, 9.17) is 5.11 Å². The van der Waals surface area contributed by atoms with Crippen LogP contribution >= 0.6 is 0 Å². The van der Waals surface area contributed by atoms with Crippen LogP contribution in [0.15, 0.2) is 30.3 Å². The summed E-state index contributed by atoms with van der Waals surface area (Å²) >= 11 is 0. The van der Waals surface area contributed by atoms with Gasteiger partial charge in [-0.25, -0.2) is 0 Å². The Morgan fingerprint density at radius 2 is 1.08 bits per heavy atom. The number of aliphatic hydroxyl groups is 2. The summed E-state index contributed by atoms with van der Waals surface area (Å²) in [5, 5.41) is 19.3. The Labute approximate surface area is 197 Å². The first-order chi connectivity index (χ1) is 16.1. The largest absolute Gasteiger partial charge is 0.460 e. The molecule has 1 aromatic carbocycles. The van der Waals surface area contributed by atoms with Gasteiger partial charge in [-0.15, -0.1) is 0 Å². The fraction of sp³-hybridized carbons (Fsp3) is 0.714. The molecule has 36 heavy (non-hydrogen) atoms. The lowest BCUT2D eigenvalue weighted by molar-refractivity contribution is -0.441. The number of hydrogen-bond donors (Lipinski definition) is 2. The van der Waals surface area contributed by atoms with Crippen molar-refractivity contribution in [2.45, 2.75) is 86.3 Å². The van der Waals surface area contributed by atoms with Gasteiger partial charge in [0.25, 0.3) is 0 Å². The summed E-state index contributed by atoms with van der Waals surface area (Å²) < 4.78 is 174. The Hall–Kier alpha value is -1.77. The van der Waals surface area contributed by atoms with Gasteiger partial charge in [-0.05, 0) is 31.2 Å². The molecule has 1 rings (SSSR count). The first-order valence-electron chi connectivity index (χ1n) is 10.4. The molecule has 0 radical (unpaired) electrons. The summed E-state index contributed by atoms with van der Waals surface area (Å²) in [6, 6.07) is 7.34. The molecule has 1 atom stereocenters. The third-order valence-electron chi connectivity index (χ3n) is 5.57. The van der Waals surface area contributed by atoms with Gasteiger partial charge in [0.1, 0.15) is 0 Å². The van der Waals surface area contributed by atoms with Crippen LogP contribution in [0.5, 0.6) is 0 Å². The molecule has 1 aromatic rings. The van der Waals surface area contributed by atoms with E-state index >= 15 is 0 Å². The molecule has 15 heteroatoms. The van der Waals surface area contributed by atoms with Gasteiger partial charge in [0.2, 0.25) is 0 Å². The molecular formula is C21H23F13O2. The second-order valence-electron chi connectivity index (χ2n) is 8.42. The molecule has 0 saturated heterocycles. The zero-order chi connectivity index (χ0) is 28.3. The second kappa shape index (κ2) is 10.9. The molecule has 0 aliphatic carbocycles. The minimum Gasteiger partial charge on any atom is -0.396 e. The molecule has 0 amide bonds. The topological polar surface area (TPSA) is 40.5 Å². The summed E-state index contributed by atoms with van der Waals surface area (Å²) in [6.45, 7) is -0.384. The standard InChI is InChI=1S/C21H23F13O2/c22-16(23,17(24,25)18(26,27)19(28,29)20(30,31)21(32,33)34)13-15(36,10-5-2-6-12-35)11-9-14-7-3-1-4-8-14/h1,3-4,7-8,35-36H,2,5-6,9-13H2. The molecule has 1 unspecified atom stereocenters. The van der Waals surface area contributed by atoms with Crippen LogP contribution < -0.4 is 0 Å². The predicted octanol–water partition coefficient (Wildman–Crippen LogP) is 7.03. The lowest BCUT2D eigenvalue weighted by Crippen LogP contribution is -2.70. The van der Waals surface area contributed by atoms with Crippen molar-refractivity contribution in [2.24, 2.45) is 0 Å². The van der Waals surface area contributed by atoms with Gasteiger partial charge in [0.05, 0.1) is 5.60 Å². The molecule has 210 valence electrons. The smallest absolute Gasteiger partial charge is 0.396 e. The molecule has 2 N–H and O–H groups in total. The fourth-order valence-corrected chi connectivity index (χ4v) is 3.39. The molecule has 0 saturated carbocycles. The lowest BCUT2D eigenvalue weighted by atomic mass is 9.81. The fourth-order valence-electron chi connectivity index (χ4n) is 3.39. The van der Waals surface area contributed by atoms with Crippen LogP contribution in [0.2, 0.25) is 0 Å². The van der Waals surface area contributed by atoms with Crippen molar-refractivity contribution in [3.05, 3.63) is 35.9 Å². The highest BCUT2D eigenvalue weighted by Gasteiger charge is 2.90. The minimum absolute atomic E-state index is 0.0398. The van der Waals surface area contributed by atoms with Crippen molar-refractivity contribution in [2.75, 3.05) is 6.61 Å². The van der Waals surface area contributed by atoms with Crippen molar-refractivity contribution in [1.29, 1.82) is 0 Å². The first-order valence-corrected chi connectivity index (χ1v) is 10.4. The normalized spacial score (nSPS) is 16.2. The molecular weight excluding hydrogens is 531 g/mol. The predicted molar refractivity (Wildman–Crippen MR) is 101 cm³/mol.